The molecule has 8 nitrogen and oxygen atoms in total. The van der Waals surface area contributed by atoms with E-state index in [1.165, 1.54) is 5.56 Å². The fourth-order valence-corrected chi connectivity index (χ4v) is 2.41. The van der Waals surface area contributed by atoms with Crippen molar-refractivity contribution in [1.82, 2.24) is 20.9 Å². The number of aryl methyl sites for hydroxylation is 1. The zero-order valence-electron chi connectivity index (χ0n) is 17.8. The number of rotatable bonds is 7. The number of aliphatic imine (C=N–C) groups is 1. The standard InChI is InChI=1S/C21H31N5O3/c1-15-7-9-16(10-8-15)18-26-17(14-28-18)13-25-19(22-5)23-11-6-12-24-20(27)29-21(2,3)4/h7-10,14H,6,11-13H2,1-5H3,(H,24,27)(H2,22,23,25). The van der Waals surface area contributed by atoms with Gasteiger partial charge in [0.2, 0.25) is 5.89 Å². The summed E-state index contributed by atoms with van der Waals surface area (Å²) in [5.41, 5.74) is 2.43. The zero-order chi connectivity index (χ0) is 21.3. The van der Waals surface area contributed by atoms with Crippen molar-refractivity contribution < 1.29 is 13.9 Å². The SMILES string of the molecule is CN=C(NCCCNC(=O)OC(C)(C)C)NCc1coc(-c2ccc(C)cc2)n1. The van der Waals surface area contributed by atoms with Gasteiger partial charge in [-0.1, -0.05) is 17.7 Å². The third-order valence-electron chi connectivity index (χ3n) is 3.83. The van der Waals surface area contributed by atoms with Crippen LogP contribution in [0, 0.1) is 6.92 Å². The van der Waals surface area contributed by atoms with Crippen molar-refractivity contribution in [2.75, 3.05) is 20.1 Å². The molecular formula is C21H31N5O3. The Labute approximate surface area is 172 Å². The fraction of sp³-hybridized carbons (Fsp3) is 0.476. The minimum absolute atomic E-state index is 0.407. The van der Waals surface area contributed by atoms with Gasteiger partial charge in [0.25, 0.3) is 0 Å². The lowest BCUT2D eigenvalue weighted by atomic mass is 10.1. The zero-order valence-corrected chi connectivity index (χ0v) is 17.8. The number of benzene rings is 1. The maximum atomic E-state index is 11.6. The minimum atomic E-state index is -0.491. The van der Waals surface area contributed by atoms with Gasteiger partial charge < -0.3 is 25.1 Å². The summed E-state index contributed by atoms with van der Waals surface area (Å²) in [4.78, 5) is 20.3. The number of carbonyl (C=O) groups is 1. The van der Waals surface area contributed by atoms with E-state index in [9.17, 15) is 4.79 Å². The van der Waals surface area contributed by atoms with E-state index in [0.29, 0.717) is 31.5 Å². The number of ether oxygens (including phenoxy) is 1. The van der Waals surface area contributed by atoms with E-state index in [1.54, 1.807) is 13.3 Å². The topological polar surface area (TPSA) is 101 Å². The number of carbonyl (C=O) groups excluding carboxylic acids is 1. The van der Waals surface area contributed by atoms with Gasteiger partial charge >= 0.3 is 6.09 Å². The van der Waals surface area contributed by atoms with Gasteiger partial charge in [-0.3, -0.25) is 4.99 Å². The van der Waals surface area contributed by atoms with Crippen LogP contribution in [0.25, 0.3) is 11.5 Å². The average Bonchev–Trinajstić information content (AvgIpc) is 3.12. The first-order valence-corrected chi connectivity index (χ1v) is 9.69. The summed E-state index contributed by atoms with van der Waals surface area (Å²) in [5.74, 6) is 1.25. The molecule has 0 unspecified atom stereocenters. The molecule has 2 aromatic rings. The van der Waals surface area contributed by atoms with E-state index in [4.69, 9.17) is 9.15 Å². The Hall–Kier alpha value is -3.03. The number of nitrogens with zero attached hydrogens (tertiary/aromatic N) is 2. The van der Waals surface area contributed by atoms with Crippen LogP contribution in [0.1, 0.15) is 38.4 Å². The molecule has 0 radical (unpaired) electrons. The van der Waals surface area contributed by atoms with Crippen molar-refractivity contribution >= 4 is 12.1 Å². The van der Waals surface area contributed by atoms with Gasteiger partial charge in [0.05, 0.1) is 12.2 Å². The van der Waals surface area contributed by atoms with Crippen LogP contribution >= 0.6 is 0 Å². The molecule has 0 bridgehead atoms. The number of oxazole rings is 1. The van der Waals surface area contributed by atoms with E-state index >= 15 is 0 Å². The van der Waals surface area contributed by atoms with Crippen LogP contribution in [0.3, 0.4) is 0 Å². The van der Waals surface area contributed by atoms with Gasteiger partial charge in [0, 0.05) is 25.7 Å². The number of alkyl carbamates (subject to hydrolysis) is 1. The Kier molecular flexibility index (Phi) is 8.06. The van der Waals surface area contributed by atoms with Gasteiger partial charge in [-0.05, 0) is 46.2 Å². The third kappa shape index (κ3) is 8.25. The third-order valence-corrected chi connectivity index (χ3v) is 3.83. The monoisotopic (exact) mass is 401 g/mol. The second-order valence-electron chi connectivity index (χ2n) is 7.64. The van der Waals surface area contributed by atoms with Gasteiger partial charge in [-0.25, -0.2) is 9.78 Å². The highest BCUT2D eigenvalue weighted by atomic mass is 16.6. The fourth-order valence-electron chi connectivity index (χ4n) is 2.41. The van der Waals surface area contributed by atoms with Crippen molar-refractivity contribution in [3.05, 3.63) is 41.8 Å². The summed E-state index contributed by atoms with van der Waals surface area (Å²) in [5, 5.41) is 9.12. The Morgan fingerprint density at radius 3 is 2.48 bits per heavy atom. The molecule has 1 aromatic heterocycles. The summed E-state index contributed by atoms with van der Waals surface area (Å²) >= 11 is 0. The minimum Gasteiger partial charge on any atom is -0.444 e. The Morgan fingerprint density at radius 1 is 1.14 bits per heavy atom. The van der Waals surface area contributed by atoms with Crippen molar-refractivity contribution in [3.63, 3.8) is 0 Å². The van der Waals surface area contributed by atoms with Gasteiger partial charge in [0.1, 0.15) is 11.9 Å². The molecule has 0 spiro atoms. The number of aromatic nitrogens is 1. The highest BCUT2D eigenvalue weighted by molar-refractivity contribution is 5.79. The summed E-state index contributed by atoms with van der Waals surface area (Å²) in [6, 6.07) is 8.04. The summed E-state index contributed by atoms with van der Waals surface area (Å²) in [6.07, 6.45) is 1.97. The number of hydrogen-bond acceptors (Lipinski definition) is 5. The van der Waals surface area contributed by atoms with Crippen molar-refractivity contribution in [3.8, 4) is 11.5 Å². The number of hydrogen-bond donors (Lipinski definition) is 3. The first-order chi connectivity index (χ1) is 13.8. The number of nitrogens with one attached hydrogen (secondary N) is 3. The van der Waals surface area contributed by atoms with Crippen LogP contribution in [0.4, 0.5) is 4.79 Å². The van der Waals surface area contributed by atoms with Crippen molar-refractivity contribution in [1.29, 1.82) is 0 Å². The quantitative estimate of drug-likeness (QED) is 0.374. The summed E-state index contributed by atoms with van der Waals surface area (Å²) < 4.78 is 10.8. The van der Waals surface area contributed by atoms with Crippen molar-refractivity contribution in [2.45, 2.75) is 46.3 Å². The highest BCUT2D eigenvalue weighted by Gasteiger charge is 2.15. The molecule has 0 saturated carbocycles. The smallest absolute Gasteiger partial charge is 0.407 e. The molecule has 0 aliphatic heterocycles. The first-order valence-electron chi connectivity index (χ1n) is 9.69. The predicted molar refractivity (Wildman–Crippen MR) is 114 cm³/mol. The first kappa shape index (κ1) is 22.3. The molecule has 3 N–H and O–H groups in total. The lowest BCUT2D eigenvalue weighted by Crippen LogP contribution is -2.39. The predicted octanol–water partition coefficient (Wildman–Crippen LogP) is 3.23. The van der Waals surface area contributed by atoms with Crippen LogP contribution in [-0.2, 0) is 11.3 Å². The Bertz CT molecular complexity index is 806. The van der Waals surface area contributed by atoms with E-state index in [0.717, 1.165) is 17.7 Å². The Balaban J connectivity index is 1.69. The largest absolute Gasteiger partial charge is 0.444 e. The number of guanidine groups is 1. The summed E-state index contributed by atoms with van der Waals surface area (Å²) in [7, 11) is 1.70. The molecule has 0 atom stereocenters. The second kappa shape index (κ2) is 10.5. The van der Waals surface area contributed by atoms with E-state index in [-0.39, 0.29) is 0 Å². The molecule has 0 aliphatic carbocycles. The molecule has 29 heavy (non-hydrogen) atoms. The average molecular weight is 402 g/mol. The number of amides is 1. The molecule has 1 heterocycles. The molecular weight excluding hydrogens is 370 g/mol. The second-order valence-corrected chi connectivity index (χ2v) is 7.64. The molecule has 1 amide bonds. The maximum Gasteiger partial charge on any atom is 0.407 e. The molecule has 2 rings (SSSR count). The molecule has 0 aliphatic rings. The lowest BCUT2D eigenvalue weighted by molar-refractivity contribution is 0.0527. The lowest BCUT2D eigenvalue weighted by Gasteiger charge is -2.19. The van der Waals surface area contributed by atoms with E-state index in [1.807, 2.05) is 52.0 Å². The molecule has 1 aromatic carbocycles. The molecule has 158 valence electrons. The maximum absolute atomic E-state index is 11.6. The van der Waals surface area contributed by atoms with Crippen LogP contribution in [0.15, 0.2) is 39.9 Å². The Morgan fingerprint density at radius 2 is 1.83 bits per heavy atom. The van der Waals surface area contributed by atoms with Crippen LogP contribution in [-0.4, -0.2) is 42.8 Å². The van der Waals surface area contributed by atoms with Crippen molar-refractivity contribution in [2.24, 2.45) is 4.99 Å². The summed E-state index contributed by atoms with van der Waals surface area (Å²) in [6.45, 7) is 9.21. The normalized spacial score (nSPS) is 11.8. The van der Waals surface area contributed by atoms with Gasteiger partial charge in [-0.2, -0.15) is 0 Å². The van der Waals surface area contributed by atoms with Crippen LogP contribution < -0.4 is 16.0 Å². The molecule has 0 saturated heterocycles. The highest BCUT2D eigenvalue weighted by Crippen LogP contribution is 2.18. The van der Waals surface area contributed by atoms with Gasteiger partial charge in [-0.15, -0.1) is 0 Å². The van der Waals surface area contributed by atoms with Crippen LogP contribution in [0.2, 0.25) is 0 Å². The van der Waals surface area contributed by atoms with E-state index < -0.39 is 11.7 Å². The van der Waals surface area contributed by atoms with Crippen LogP contribution in [0.5, 0.6) is 0 Å². The molecule has 8 heteroatoms. The van der Waals surface area contributed by atoms with Gasteiger partial charge in [0.15, 0.2) is 5.96 Å². The molecule has 0 fully saturated rings. The van der Waals surface area contributed by atoms with E-state index in [2.05, 4.69) is 25.9 Å².